The van der Waals surface area contributed by atoms with Crippen LogP contribution in [-0.2, 0) is 4.79 Å². The number of hydrogen-bond donors (Lipinski definition) is 1. The van der Waals surface area contributed by atoms with Gasteiger partial charge in [0.2, 0.25) is 0 Å². The maximum atomic E-state index is 12.4. The molecule has 0 spiro atoms. The SMILES string of the molecule is COc1ccc(OC)c(/C=C(\C#N)C(=O)Nc2cccc(Cl)c2C)c1. The summed E-state index contributed by atoms with van der Waals surface area (Å²) in [5, 5.41) is 12.6. The number of halogens is 1. The number of rotatable bonds is 5. The summed E-state index contributed by atoms with van der Waals surface area (Å²) in [5.74, 6) is 0.591. The van der Waals surface area contributed by atoms with Gasteiger partial charge in [-0.2, -0.15) is 5.26 Å². The molecule has 0 bridgehead atoms. The Hall–Kier alpha value is -2.97. The van der Waals surface area contributed by atoms with E-state index in [0.29, 0.717) is 27.8 Å². The van der Waals surface area contributed by atoms with Crippen LogP contribution in [0.3, 0.4) is 0 Å². The Kier molecular flexibility index (Phi) is 6.04. The van der Waals surface area contributed by atoms with Gasteiger partial charge in [-0.05, 0) is 48.9 Å². The van der Waals surface area contributed by atoms with E-state index in [0.717, 1.165) is 5.56 Å². The molecule has 0 saturated carbocycles. The van der Waals surface area contributed by atoms with Gasteiger partial charge in [-0.1, -0.05) is 17.7 Å². The number of methoxy groups -OCH3 is 2. The highest BCUT2D eigenvalue weighted by atomic mass is 35.5. The van der Waals surface area contributed by atoms with E-state index < -0.39 is 5.91 Å². The normalized spacial score (nSPS) is 10.8. The van der Waals surface area contributed by atoms with Crippen LogP contribution in [-0.4, -0.2) is 20.1 Å². The molecule has 0 saturated heterocycles. The number of nitrogens with zero attached hydrogens (tertiary/aromatic N) is 1. The summed E-state index contributed by atoms with van der Waals surface area (Å²) in [6.45, 7) is 1.79. The number of anilines is 1. The minimum absolute atomic E-state index is 0.0640. The van der Waals surface area contributed by atoms with Crippen molar-refractivity contribution in [1.82, 2.24) is 0 Å². The number of ether oxygens (including phenoxy) is 2. The smallest absolute Gasteiger partial charge is 0.266 e. The number of hydrogen-bond acceptors (Lipinski definition) is 4. The van der Waals surface area contributed by atoms with E-state index in [1.807, 2.05) is 6.07 Å². The molecule has 0 aliphatic rings. The molecule has 0 aliphatic carbocycles. The zero-order valence-corrected chi connectivity index (χ0v) is 14.8. The molecular formula is C19H17ClN2O3. The van der Waals surface area contributed by atoms with E-state index in [9.17, 15) is 10.1 Å². The molecule has 2 aromatic rings. The summed E-state index contributed by atoms with van der Waals surface area (Å²) >= 11 is 6.05. The summed E-state index contributed by atoms with van der Waals surface area (Å²) in [6.07, 6.45) is 1.45. The van der Waals surface area contributed by atoms with Crippen molar-refractivity contribution >= 4 is 29.3 Å². The van der Waals surface area contributed by atoms with Crippen LogP contribution in [0.2, 0.25) is 5.02 Å². The van der Waals surface area contributed by atoms with Crippen LogP contribution in [0.15, 0.2) is 42.0 Å². The average Bonchev–Trinajstić information content (AvgIpc) is 2.63. The highest BCUT2D eigenvalue weighted by molar-refractivity contribution is 6.31. The first-order valence-electron chi connectivity index (χ1n) is 7.40. The van der Waals surface area contributed by atoms with Crippen LogP contribution >= 0.6 is 11.6 Å². The fourth-order valence-corrected chi connectivity index (χ4v) is 2.36. The molecule has 128 valence electrons. The van der Waals surface area contributed by atoms with Crippen LogP contribution in [0.1, 0.15) is 11.1 Å². The van der Waals surface area contributed by atoms with Crippen molar-refractivity contribution in [2.24, 2.45) is 0 Å². The lowest BCUT2D eigenvalue weighted by Gasteiger charge is -2.10. The third kappa shape index (κ3) is 4.31. The molecule has 2 aromatic carbocycles. The maximum absolute atomic E-state index is 12.4. The average molecular weight is 357 g/mol. The molecule has 0 aromatic heterocycles. The molecule has 25 heavy (non-hydrogen) atoms. The Labute approximate surface area is 151 Å². The van der Waals surface area contributed by atoms with Gasteiger partial charge < -0.3 is 14.8 Å². The van der Waals surface area contributed by atoms with Gasteiger partial charge >= 0.3 is 0 Å². The fourth-order valence-electron chi connectivity index (χ4n) is 2.19. The third-order valence-corrected chi connectivity index (χ3v) is 4.03. The summed E-state index contributed by atoms with van der Waals surface area (Å²) in [7, 11) is 3.05. The van der Waals surface area contributed by atoms with Crippen LogP contribution in [0.5, 0.6) is 11.5 Å². The highest BCUT2D eigenvalue weighted by Crippen LogP contribution is 2.27. The molecule has 0 fully saturated rings. The van der Waals surface area contributed by atoms with Crippen LogP contribution in [0.25, 0.3) is 6.08 Å². The monoisotopic (exact) mass is 356 g/mol. The standard InChI is InChI=1S/C19H17ClN2O3/c1-12-16(20)5-4-6-17(12)22-19(23)14(11-21)9-13-10-15(24-2)7-8-18(13)25-3/h4-10H,1-3H3,(H,22,23)/b14-9+. The first-order valence-corrected chi connectivity index (χ1v) is 7.78. The van der Waals surface area contributed by atoms with E-state index in [4.69, 9.17) is 21.1 Å². The number of benzene rings is 2. The lowest BCUT2D eigenvalue weighted by Crippen LogP contribution is -2.14. The van der Waals surface area contributed by atoms with Crippen LogP contribution in [0, 0.1) is 18.3 Å². The first-order chi connectivity index (χ1) is 12.0. The summed E-state index contributed by atoms with van der Waals surface area (Å²) in [6, 6.07) is 12.2. The number of nitriles is 1. The molecule has 0 heterocycles. The van der Waals surface area contributed by atoms with Gasteiger partial charge in [-0.25, -0.2) is 0 Å². The van der Waals surface area contributed by atoms with Gasteiger partial charge in [0, 0.05) is 16.3 Å². The Balaban J connectivity index is 2.36. The predicted octanol–water partition coefficient (Wildman–Crippen LogP) is 4.21. The van der Waals surface area contributed by atoms with Crippen molar-refractivity contribution in [3.8, 4) is 17.6 Å². The van der Waals surface area contributed by atoms with Crippen LogP contribution < -0.4 is 14.8 Å². The van der Waals surface area contributed by atoms with Crippen molar-refractivity contribution in [3.05, 3.63) is 58.1 Å². The number of nitrogens with one attached hydrogen (secondary N) is 1. The van der Waals surface area contributed by atoms with Crippen molar-refractivity contribution in [3.63, 3.8) is 0 Å². The predicted molar refractivity (Wildman–Crippen MR) is 98.0 cm³/mol. The minimum atomic E-state index is -0.530. The Morgan fingerprint density at radius 3 is 2.64 bits per heavy atom. The molecule has 0 unspecified atom stereocenters. The number of carbonyl (C=O) groups is 1. The second-order valence-electron chi connectivity index (χ2n) is 5.14. The summed E-state index contributed by atoms with van der Waals surface area (Å²) in [5.41, 5.74) is 1.78. The molecule has 0 atom stereocenters. The van der Waals surface area contributed by atoms with E-state index in [2.05, 4.69) is 5.32 Å². The third-order valence-electron chi connectivity index (χ3n) is 3.62. The molecule has 0 aliphatic heterocycles. The zero-order chi connectivity index (χ0) is 18.4. The van der Waals surface area contributed by atoms with Gasteiger partial charge in [0.15, 0.2) is 0 Å². The van der Waals surface area contributed by atoms with Crippen molar-refractivity contribution < 1.29 is 14.3 Å². The lowest BCUT2D eigenvalue weighted by atomic mass is 10.1. The molecule has 1 N–H and O–H groups in total. The molecular weight excluding hydrogens is 340 g/mol. The molecule has 2 rings (SSSR count). The molecule has 0 radical (unpaired) electrons. The number of amides is 1. The number of carbonyl (C=O) groups excluding carboxylic acids is 1. The van der Waals surface area contributed by atoms with Gasteiger partial charge in [0.1, 0.15) is 23.1 Å². The van der Waals surface area contributed by atoms with E-state index in [-0.39, 0.29) is 5.57 Å². The second kappa shape index (κ2) is 8.22. The maximum Gasteiger partial charge on any atom is 0.266 e. The largest absolute Gasteiger partial charge is 0.497 e. The van der Waals surface area contributed by atoms with E-state index >= 15 is 0 Å². The van der Waals surface area contributed by atoms with Gasteiger partial charge in [-0.3, -0.25) is 4.79 Å². The van der Waals surface area contributed by atoms with E-state index in [1.54, 1.807) is 43.3 Å². The highest BCUT2D eigenvalue weighted by Gasteiger charge is 2.13. The van der Waals surface area contributed by atoms with Crippen molar-refractivity contribution in [2.75, 3.05) is 19.5 Å². The molecule has 6 heteroatoms. The molecule has 1 amide bonds. The Morgan fingerprint density at radius 2 is 2.00 bits per heavy atom. The quantitative estimate of drug-likeness (QED) is 0.643. The Morgan fingerprint density at radius 1 is 1.24 bits per heavy atom. The summed E-state index contributed by atoms with van der Waals surface area (Å²) < 4.78 is 10.4. The molecule has 5 nitrogen and oxygen atoms in total. The Bertz CT molecular complexity index is 869. The van der Waals surface area contributed by atoms with E-state index in [1.165, 1.54) is 20.3 Å². The van der Waals surface area contributed by atoms with Crippen LogP contribution in [0.4, 0.5) is 5.69 Å². The van der Waals surface area contributed by atoms with Crippen molar-refractivity contribution in [2.45, 2.75) is 6.92 Å². The first kappa shape index (κ1) is 18.4. The lowest BCUT2D eigenvalue weighted by molar-refractivity contribution is -0.112. The van der Waals surface area contributed by atoms with Gasteiger partial charge in [0.05, 0.1) is 14.2 Å². The zero-order valence-electron chi connectivity index (χ0n) is 14.1. The van der Waals surface area contributed by atoms with Gasteiger partial charge in [0.25, 0.3) is 5.91 Å². The minimum Gasteiger partial charge on any atom is -0.497 e. The topological polar surface area (TPSA) is 71.3 Å². The second-order valence-corrected chi connectivity index (χ2v) is 5.55. The summed E-state index contributed by atoms with van der Waals surface area (Å²) in [4.78, 5) is 12.4. The fraction of sp³-hybridized carbons (Fsp3) is 0.158. The van der Waals surface area contributed by atoms with Gasteiger partial charge in [-0.15, -0.1) is 0 Å². The van der Waals surface area contributed by atoms with Crippen molar-refractivity contribution in [1.29, 1.82) is 5.26 Å².